The third kappa shape index (κ3) is 3.27. The van der Waals surface area contributed by atoms with E-state index in [-0.39, 0.29) is 25.4 Å². The third-order valence-electron chi connectivity index (χ3n) is 3.04. The van der Waals surface area contributed by atoms with Gasteiger partial charge >= 0.3 is 0 Å². The first-order valence-electron chi connectivity index (χ1n) is 6.25. The lowest BCUT2D eigenvalue weighted by atomic mass is 10.0. The molecule has 19 heavy (non-hydrogen) atoms. The lowest BCUT2D eigenvalue weighted by Crippen LogP contribution is -2.57. The smallest absolute Gasteiger partial charge is 0.270 e. The highest BCUT2D eigenvalue weighted by Crippen LogP contribution is 2.26. The van der Waals surface area contributed by atoms with Crippen molar-refractivity contribution in [2.45, 2.75) is 38.2 Å². The topological polar surface area (TPSA) is 54.0 Å². The molecule has 0 aromatic carbocycles. The summed E-state index contributed by atoms with van der Waals surface area (Å²) in [6, 6.07) is -1.15. The van der Waals surface area contributed by atoms with Gasteiger partial charge in [0.15, 0.2) is 0 Å². The Balaban J connectivity index is 2.03. The van der Waals surface area contributed by atoms with Gasteiger partial charge in [0.2, 0.25) is 0 Å². The van der Waals surface area contributed by atoms with Crippen molar-refractivity contribution in [3.05, 3.63) is 16.1 Å². The summed E-state index contributed by atoms with van der Waals surface area (Å²) in [7, 11) is 0. The van der Waals surface area contributed by atoms with E-state index in [0.29, 0.717) is 4.88 Å². The molecule has 1 aliphatic heterocycles. The number of rotatable bonds is 3. The number of alkyl halides is 2. The second-order valence-corrected chi connectivity index (χ2v) is 6.02. The first kappa shape index (κ1) is 14.3. The number of nitrogens with one attached hydrogen (secondary N) is 2. The van der Waals surface area contributed by atoms with E-state index < -0.39 is 17.9 Å². The van der Waals surface area contributed by atoms with E-state index in [9.17, 15) is 13.6 Å². The van der Waals surface area contributed by atoms with Crippen molar-refractivity contribution in [1.82, 2.24) is 15.6 Å². The molecule has 2 heterocycles. The number of hydrogen-bond acceptors (Lipinski definition) is 4. The Labute approximate surface area is 114 Å². The minimum atomic E-state index is -2.85. The number of amides is 1. The first-order chi connectivity index (χ1) is 8.90. The summed E-state index contributed by atoms with van der Waals surface area (Å²) in [6.07, 6.45) is 1.20. The Morgan fingerprint density at radius 2 is 2.37 bits per heavy atom. The van der Waals surface area contributed by atoms with E-state index in [1.165, 1.54) is 17.5 Å². The standard InChI is InChI=1S/C12H17F2N3OS/c1-7(2)11-16-5-8(19-11)10(18)17-9-6-15-4-3-12(9,13)14/h5,7,9,15H,3-4,6H2,1-2H3,(H,17,18). The molecular weight excluding hydrogens is 272 g/mol. The molecule has 0 bridgehead atoms. The van der Waals surface area contributed by atoms with Crippen LogP contribution < -0.4 is 10.6 Å². The zero-order valence-electron chi connectivity index (χ0n) is 10.9. The number of aromatic nitrogens is 1. The SMILES string of the molecule is CC(C)c1ncc(C(=O)NC2CNCCC2(F)F)s1. The third-order valence-corrected chi connectivity index (χ3v) is 4.34. The van der Waals surface area contributed by atoms with Gasteiger partial charge in [0, 0.05) is 25.4 Å². The molecule has 2 rings (SSSR count). The van der Waals surface area contributed by atoms with Crippen LogP contribution in [0.3, 0.4) is 0 Å². The van der Waals surface area contributed by atoms with Crippen LogP contribution in [-0.2, 0) is 0 Å². The molecule has 1 amide bonds. The Kier molecular flexibility index (Phi) is 4.15. The van der Waals surface area contributed by atoms with Gasteiger partial charge < -0.3 is 10.6 Å². The van der Waals surface area contributed by atoms with Crippen molar-refractivity contribution in [3.8, 4) is 0 Å². The monoisotopic (exact) mass is 289 g/mol. The molecule has 1 fully saturated rings. The maximum Gasteiger partial charge on any atom is 0.270 e. The van der Waals surface area contributed by atoms with Gasteiger partial charge in [-0.3, -0.25) is 4.79 Å². The largest absolute Gasteiger partial charge is 0.341 e. The van der Waals surface area contributed by atoms with Crippen LogP contribution in [0.5, 0.6) is 0 Å². The van der Waals surface area contributed by atoms with Gasteiger partial charge in [-0.25, -0.2) is 13.8 Å². The molecule has 106 valence electrons. The van der Waals surface area contributed by atoms with Crippen LogP contribution in [0.4, 0.5) is 8.78 Å². The quantitative estimate of drug-likeness (QED) is 0.895. The van der Waals surface area contributed by atoms with E-state index >= 15 is 0 Å². The summed E-state index contributed by atoms with van der Waals surface area (Å²) in [5.74, 6) is -3.10. The van der Waals surface area contributed by atoms with Crippen molar-refractivity contribution >= 4 is 17.2 Å². The van der Waals surface area contributed by atoms with Crippen LogP contribution in [0.1, 0.15) is 40.9 Å². The minimum Gasteiger partial charge on any atom is -0.341 e. The number of thiazole rings is 1. The van der Waals surface area contributed by atoms with Gasteiger partial charge in [0.05, 0.1) is 11.2 Å². The summed E-state index contributed by atoms with van der Waals surface area (Å²) in [6.45, 7) is 4.31. The number of carbonyl (C=O) groups excluding carboxylic acids is 1. The average molecular weight is 289 g/mol. The van der Waals surface area contributed by atoms with Crippen LogP contribution >= 0.6 is 11.3 Å². The molecule has 1 unspecified atom stereocenters. The fourth-order valence-electron chi connectivity index (χ4n) is 1.87. The lowest BCUT2D eigenvalue weighted by Gasteiger charge is -2.32. The molecule has 1 atom stereocenters. The maximum atomic E-state index is 13.6. The highest BCUT2D eigenvalue weighted by molar-refractivity contribution is 7.13. The Bertz CT molecular complexity index is 462. The molecular formula is C12H17F2N3OS. The Hall–Kier alpha value is -1.08. The molecule has 0 aliphatic carbocycles. The van der Waals surface area contributed by atoms with Crippen LogP contribution in [0.25, 0.3) is 0 Å². The summed E-state index contributed by atoms with van der Waals surface area (Å²) in [5.41, 5.74) is 0. The summed E-state index contributed by atoms with van der Waals surface area (Å²) in [5, 5.41) is 6.09. The number of piperidine rings is 1. The van der Waals surface area contributed by atoms with E-state index in [2.05, 4.69) is 15.6 Å². The molecule has 1 aromatic heterocycles. The van der Waals surface area contributed by atoms with Crippen molar-refractivity contribution in [2.24, 2.45) is 0 Å². The number of nitrogens with zero attached hydrogens (tertiary/aromatic N) is 1. The fourth-order valence-corrected chi connectivity index (χ4v) is 2.69. The van der Waals surface area contributed by atoms with Crippen molar-refractivity contribution in [3.63, 3.8) is 0 Å². The molecule has 1 saturated heterocycles. The number of carbonyl (C=O) groups is 1. The Morgan fingerprint density at radius 3 is 2.95 bits per heavy atom. The van der Waals surface area contributed by atoms with Gasteiger partial charge in [-0.15, -0.1) is 11.3 Å². The molecule has 7 heteroatoms. The van der Waals surface area contributed by atoms with Crippen LogP contribution in [0.15, 0.2) is 6.20 Å². The van der Waals surface area contributed by atoms with E-state index in [4.69, 9.17) is 0 Å². The normalized spacial score (nSPS) is 22.5. The average Bonchev–Trinajstić information content (AvgIpc) is 2.81. The van der Waals surface area contributed by atoms with Gasteiger partial charge in [-0.2, -0.15) is 0 Å². The predicted molar refractivity (Wildman–Crippen MR) is 69.9 cm³/mol. The van der Waals surface area contributed by atoms with Gasteiger partial charge in [-0.1, -0.05) is 13.8 Å². The highest BCUT2D eigenvalue weighted by Gasteiger charge is 2.42. The van der Waals surface area contributed by atoms with Crippen LogP contribution in [0, 0.1) is 0 Å². The van der Waals surface area contributed by atoms with E-state index in [0.717, 1.165) is 5.01 Å². The van der Waals surface area contributed by atoms with E-state index in [1.54, 1.807) is 0 Å². The maximum absolute atomic E-state index is 13.6. The molecule has 0 spiro atoms. The number of hydrogen-bond donors (Lipinski definition) is 2. The fraction of sp³-hybridized carbons (Fsp3) is 0.667. The van der Waals surface area contributed by atoms with Crippen molar-refractivity contribution in [2.75, 3.05) is 13.1 Å². The molecule has 0 saturated carbocycles. The van der Waals surface area contributed by atoms with E-state index in [1.807, 2.05) is 13.8 Å². The zero-order chi connectivity index (χ0) is 14.0. The predicted octanol–water partition coefficient (Wildman–Crippen LogP) is 1.99. The lowest BCUT2D eigenvalue weighted by molar-refractivity contribution is -0.0542. The molecule has 1 aliphatic rings. The summed E-state index contributed by atoms with van der Waals surface area (Å²) < 4.78 is 27.2. The highest BCUT2D eigenvalue weighted by atomic mass is 32.1. The zero-order valence-corrected chi connectivity index (χ0v) is 11.7. The minimum absolute atomic E-state index is 0.0918. The van der Waals surface area contributed by atoms with Crippen LogP contribution in [-0.4, -0.2) is 35.9 Å². The second-order valence-electron chi connectivity index (χ2n) is 4.96. The Morgan fingerprint density at radius 1 is 1.63 bits per heavy atom. The summed E-state index contributed by atoms with van der Waals surface area (Å²) in [4.78, 5) is 16.4. The molecule has 0 radical (unpaired) electrons. The summed E-state index contributed by atoms with van der Waals surface area (Å²) >= 11 is 1.25. The molecule has 4 nitrogen and oxygen atoms in total. The molecule has 1 aromatic rings. The number of halogens is 2. The molecule has 2 N–H and O–H groups in total. The van der Waals surface area contributed by atoms with Crippen LogP contribution in [0.2, 0.25) is 0 Å². The van der Waals surface area contributed by atoms with Crippen molar-refractivity contribution in [1.29, 1.82) is 0 Å². The van der Waals surface area contributed by atoms with Gasteiger partial charge in [0.1, 0.15) is 10.9 Å². The van der Waals surface area contributed by atoms with Gasteiger partial charge in [0.25, 0.3) is 11.8 Å². The second kappa shape index (κ2) is 5.50. The first-order valence-corrected chi connectivity index (χ1v) is 7.07. The van der Waals surface area contributed by atoms with Gasteiger partial charge in [-0.05, 0) is 0 Å². The van der Waals surface area contributed by atoms with Crippen molar-refractivity contribution < 1.29 is 13.6 Å².